The van der Waals surface area contributed by atoms with Gasteiger partial charge in [0.15, 0.2) is 0 Å². The van der Waals surface area contributed by atoms with Crippen molar-refractivity contribution in [3.63, 3.8) is 0 Å². The van der Waals surface area contributed by atoms with Gasteiger partial charge < -0.3 is 4.74 Å². The molecule has 0 spiro atoms. The van der Waals surface area contributed by atoms with Gasteiger partial charge >= 0.3 is 0 Å². The molecule has 142 valence electrons. The van der Waals surface area contributed by atoms with Gasteiger partial charge in [-0.1, -0.05) is 66.7 Å². The molecule has 4 aromatic rings. The maximum atomic E-state index is 12.4. The highest BCUT2D eigenvalue weighted by molar-refractivity contribution is 6.03. The molecule has 0 heterocycles. The largest absolute Gasteiger partial charge is 0.496 e. The van der Waals surface area contributed by atoms with Crippen LogP contribution in [-0.4, -0.2) is 19.2 Å². The molecular formula is C25H20N2O2. The van der Waals surface area contributed by atoms with Gasteiger partial charge in [-0.25, -0.2) is 5.43 Å². The number of nitrogens with zero attached hydrogens (tertiary/aromatic N) is 1. The Bertz CT molecular complexity index is 1170. The number of hydrogen-bond acceptors (Lipinski definition) is 3. The van der Waals surface area contributed by atoms with Gasteiger partial charge in [-0.2, -0.15) is 5.10 Å². The van der Waals surface area contributed by atoms with Crippen LogP contribution in [0.3, 0.4) is 0 Å². The summed E-state index contributed by atoms with van der Waals surface area (Å²) in [6.45, 7) is 0. The standard InChI is InChI=1S/C25H20N2O2/c1-29-24-16-15-21(22-9-5-6-10-23(22)24)17-26-27-25(28)20-13-11-19(12-14-20)18-7-3-2-4-8-18/h2-17H,1H3,(H,27,28)/b26-17+. The lowest BCUT2D eigenvalue weighted by Crippen LogP contribution is -2.17. The molecule has 1 amide bonds. The molecule has 29 heavy (non-hydrogen) atoms. The van der Waals surface area contributed by atoms with Crippen LogP contribution in [0.4, 0.5) is 0 Å². The van der Waals surface area contributed by atoms with Crippen molar-refractivity contribution >= 4 is 22.9 Å². The summed E-state index contributed by atoms with van der Waals surface area (Å²) in [5.74, 6) is 0.555. The van der Waals surface area contributed by atoms with Gasteiger partial charge in [0, 0.05) is 16.5 Å². The zero-order valence-corrected chi connectivity index (χ0v) is 16.0. The molecule has 0 bridgehead atoms. The Hall–Kier alpha value is -3.92. The van der Waals surface area contributed by atoms with Crippen LogP contribution in [0.5, 0.6) is 5.75 Å². The molecule has 0 saturated carbocycles. The Kier molecular flexibility index (Phi) is 5.34. The number of nitrogens with one attached hydrogen (secondary N) is 1. The van der Waals surface area contributed by atoms with E-state index in [1.165, 1.54) is 0 Å². The molecule has 0 aliphatic rings. The second-order valence-electron chi connectivity index (χ2n) is 6.55. The van der Waals surface area contributed by atoms with Gasteiger partial charge in [0.2, 0.25) is 0 Å². The van der Waals surface area contributed by atoms with Crippen LogP contribution >= 0.6 is 0 Å². The third kappa shape index (κ3) is 4.01. The summed E-state index contributed by atoms with van der Waals surface area (Å²) in [5, 5.41) is 6.15. The smallest absolute Gasteiger partial charge is 0.271 e. The molecule has 1 N–H and O–H groups in total. The molecule has 0 unspecified atom stereocenters. The van der Waals surface area contributed by atoms with Crippen molar-refractivity contribution in [2.24, 2.45) is 5.10 Å². The molecule has 0 fully saturated rings. The van der Waals surface area contributed by atoms with Crippen molar-refractivity contribution in [3.05, 3.63) is 102 Å². The van der Waals surface area contributed by atoms with E-state index < -0.39 is 0 Å². The minimum Gasteiger partial charge on any atom is -0.496 e. The number of carbonyl (C=O) groups excluding carboxylic acids is 1. The van der Waals surface area contributed by atoms with Crippen LogP contribution in [-0.2, 0) is 0 Å². The average Bonchev–Trinajstić information content (AvgIpc) is 2.80. The fourth-order valence-electron chi connectivity index (χ4n) is 3.25. The predicted molar refractivity (Wildman–Crippen MR) is 117 cm³/mol. The summed E-state index contributed by atoms with van der Waals surface area (Å²) in [5.41, 5.74) is 6.24. The monoisotopic (exact) mass is 380 g/mol. The molecular weight excluding hydrogens is 360 g/mol. The fraction of sp³-hybridized carbons (Fsp3) is 0.0400. The zero-order chi connectivity index (χ0) is 20.1. The van der Waals surface area contributed by atoms with Gasteiger partial charge in [-0.15, -0.1) is 0 Å². The van der Waals surface area contributed by atoms with E-state index in [0.29, 0.717) is 5.56 Å². The Morgan fingerprint density at radius 3 is 2.17 bits per heavy atom. The molecule has 0 aliphatic carbocycles. The van der Waals surface area contributed by atoms with Crippen LogP contribution in [0.15, 0.2) is 96.1 Å². The van der Waals surface area contributed by atoms with E-state index in [1.54, 1.807) is 25.5 Å². The normalized spacial score (nSPS) is 10.9. The van der Waals surface area contributed by atoms with Crippen molar-refractivity contribution in [1.29, 1.82) is 0 Å². The number of rotatable bonds is 5. The first-order valence-electron chi connectivity index (χ1n) is 9.31. The number of amides is 1. The van der Waals surface area contributed by atoms with Crippen LogP contribution in [0.1, 0.15) is 15.9 Å². The maximum Gasteiger partial charge on any atom is 0.271 e. The first kappa shape index (κ1) is 18.4. The third-order valence-electron chi connectivity index (χ3n) is 4.76. The van der Waals surface area contributed by atoms with Crippen LogP contribution in [0.25, 0.3) is 21.9 Å². The van der Waals surface area contributed by atoms with Crippen molar-refractivity contribution in [2.45, 2.75) is 0 Å². The molecule has 0 saturated heterocycles. The predicted octanol–water partition coefficient (Wildman–Crippen LogP) is 5.28. The SMILES string of the molecule is COc1ccc(/C=N/NC(=O)c2ccc(-c3ccccc3)cc2)c2ccccc12. The summed E-state index contributed by atoms with van der Waals surface area (Å²) in [6.07, 6.45) is 1.65. The van der Waals surface area contributed by atoms with Crippen molar-refractivity contribution in [3.8, 4) is 16.9 Å². The molecule has 4 nitrogen and oxygen atoms in total. The number of carbonyl (C=O) groups is 1. The Balaban J connectivity index is 1.49. The Labute approximate surface area is 169 Å². The van der Waals surface area contributed by atoms with Crippen molar-refractivity contribution in [1.82, 2.24) is 5.43 Å². The van der Waals surface area contributed by atoms with Crippen molar-refractivity contribution < 1.29 is 9.53 Å². The summed E-state index contributed by atoms with van der Waals surface area (Å²) >= 11 is 0. The lowest BCUT2D eigenvalue weighted by molar-refractivity contribution is 0.0955. The molecule has 4 rings (SSSR count). The second kappa shape index (κ2) is 8.40. The lowest BCUT2D eigenvalue weighted by Gasteiger charge is -2.07. The maximum absolute atomic E-state index is 12.4. The van der Waals surface area contributed by atoms with E-state index >= 15 is 0 Å². The average molecular weight is 380 g/mol. The molecule has 0 atom stereocenters. The van der Waals surface area contributed by atoms with Crippen LogP contribution in [0.2, 0.25) is 0 Å². The van der Waals surface area contributed by atoms with E-state index in [4.69, 9.17) is 4.74 Å². The molecule has 0 aliphatic heterocycles. The summed E-state index contributed by atoms with van der Waals surface area (Å²) < 4.78 is 5.41. The van der Waals surface area contributed by atoms with Gasteiger partial charge in [-0.3, -0.25) is 4.79 Å². The van der Waals surface area contributed by atoms with E-state index in [0.717, 1.165) is 33.2 Å². The van der Waals surface area contributed by atoms with Crippen LogP contribution in [0, 0.1) is 0 Å². The second-order valence-corrected chi connectivity index (χ2v) is 6.55. The first-order chi connectivity index (χ1) is 14.3. The fourth-order valence-corrected chi connectivity index (χ4v) is 3.25. The molecule has 0 radical (unpaired) electrons. The number of hydrazone groups is 1. The number of ether oxygens (including phenoxy) is 1. The Morgan fingerprint density at radius 1 is 0.793 bits per heavy atom. The van der Waals surface area contributed by atoms with Gasteiger partial charge in [0.1, 0.15) is 5.75 Å². The summed E-state index contributed by atoms with van der Waals surface area (Å²) in [4.78, 5) is 12.4. The molecule has 4 aromatic carbocycles. The minimum absolute atomic E-state index is 0.251. The number of benzene rings is 4. The highest BCUT2D eigenvalue weighted by Crippen LogP contribution is 2.27. The minimum atomic E-state index is -0.251. The lowest BCUT2D eigenvalue weighted by atomic mass is 10.0. The van der Waals surface area contributed by atoms with Gasteiger partial charge in [0.05, 0.1) is 13.3 Å². The molecule has 0 aromatic heterocycles. The summed E-state index contributed by atoms with van der Waals surface area (Å²) in [6, 6.07) is 29.3. The summed E-state index contributed by atoms with van der Waals surface area (Å²) in [7, 11) is 1.65. The third-order valence-corrected chi connectivity index (χ3v) is 4.76. The Morgan fingerprint density at radius 2 is 1.45 bits per heavy atom. The quantitative estimate of drug-likeness (QED) is 0.378. The number of hydrogen-bond donors (Lipinski definition) is 1. The van der Waals surface area contributed by atoms with Gasteiger partial charge in [0.25, 0.3) is 5.91 Å². The van der Waals surface area contributed by atoms with Gasteiger partial charge in [-0.05, 0) is 40.8 Å². The van der Waals surface area contributed by atoms with E-state index in [-0.39, 0.29) is 5.91 Å². The highest BCUT2D eigenvalue weighted by atomic mass is 16.5. The van der Waals surface area contributed by atoms with Crippen LogP contribution < -0.4 is 10.2 Å². The van der Waals surface area contributed by atoms with E-state index in [1.807, 2.05) is 78.9 Å². The number of fused-ring (bicyclic) bond motifs is 1. The topological polar surface area (TPSA) is 50.7 Å². The first-order valence-corrected chi connectivity index (χ1v) is 9.31. The van der Waals surface area contributed by atoms with E-state index in [9.17, 15) is 4.79 Å². The highest BCUT2D eigenvalue weighted by Gasteiger charge is 2.06. The van der Waals surface area contributed by atoms with E-state index in [2.05, 4.69) is 10.5 Å². The van der Waals surface area contributed by atoms with Crippen molar-refractivity contribution in [2.75, 3.05) is 7.11 Å². The molecule has 4 heteroatoms. The number of methoxy groups -OCH3 is 1. The zero-order valence-electron chi connectivity index (χ0n) is 16.0.